The van der Waals surface area contributed by atoms with Crippen molar-refractivity contribution in [2.24, 2.45) is 6.98 Å². The molecule has 0 radical (unpaired) electrons. The van der Waals surface area contributed by atoms with Crippen molar-refractivity contribution in [2.45, 2.75) is 51.9 Å². The standard InChI is InChI=1S/C51H44N4O/c1-51(2,3)39-26-27-52-50(30-39)55-46-11-6-5-10-43(46)44-24-23-42(32-48(44)55)56-41-9-7-8-40(31-41)54-33-53(4)49-29-38(22-25-47(49)54)45-28-36-17-16-34-12-14-35(15-13-34)18-20-37(45)21-19-36/h5-15,19,21-32H,16-18,20H2,1-4H3/i4D3. The normalized spacial score (nSPS) is 14.1. The smallest absolute Gasteiger partial charge is 0.244 e. The van der Waals surface area contributed by atoms with Crippen LogP contribution in [0.15, 0.2) is 146 Å². The minimum absolute atomic E-state index is 0.0303. The number of ether oxygens (including phenoxy) is 1. The first-order valence-corrected chi connectivity index (χ1v) is 19.5. The Morgan fingerprint density at radius 1 is 0.661 bits per heavy atom. The van der Waals surface area contributed by atoms with E-state index in [2.05, 4.69) is 129 Å². The second-order valence-corrected chi connectivity index (χ2v) is 16.1. The molecule has 4 bridgehead atoms. The van der Waals surface area contributed by atoms with Crippen LogP contribution in [0.5, 0.6) is 11.5 Å². The van der Waals surface area contributed by atoms with Crippen molar-refractivity contribution in [3.05, 3.63) is 180 Å². The van der Waals surface area contributed by atoms with Gasteiger partial charge in [-0.3, -0.25) is 4.57 Å². The first kappa shape index (κ1) is 30.8. The Labute approximate surface area is 332 Å². The van der Waals surface area contributed by atoms with Crippen molar-refractivity contribution in [3.8, 4) is 34.1 Å². The van der Waals surface area contributed by atoms with Crippen LogP contribution in [0, 0.1) is 6.33 Å². The highest BCUT2D eigenvalue weighted by molar-refractivity contribution is 6.09. The summed E-state index contributed by atoms with van der Waals surface area (Å²) in [6.07, 6.45) is 8.82. The molecule has 5 nitrogen and oxygen atoms in total. The van der Waals surface area contributed by atoms with E-state index in [4.69, 9.17) is 13.8 Å². The number of para-hydroxylation sites is 1. The third-order valence-electron chi connectivity index (χ3n) is 11.3. The maximum atomic E-state index is 8.52. The molecule has 0 atom stereocenters. The van der Waals surface area contributed by atoms with Crippen molar-refractivity contribution in [2.75, 3.05) is 0 Å². The number of rotatable bonds is 5. The molecule has 0 amide bonds. The van der Waals surface area contributed by atoms with Crippen molar-refractivity contribution in [1.29, 1.82) is 0 Å². The van der Waals surface area contributed by atoms with Crippen LogP contribution in [0.4, 0.5) is 0 Å². The summed E-state index contributed by atoms with van der Waals surface area (Å²) in [7, 11) is 0. The molecule has 9 aromatic rings. The Balaban J connectivity index is 1.02. The summed E-state index contributed by atoms with van der Waals surface area (Å²) in [5.74, 6) is 2.15. The highest BCUT2D eigenvalue weighted by atomic mass is 16.5. The summed E-state index contributed by atoms with van der Waals surface area (Å²) < 4.78 is 37.5. The SMILES string of the molecule is [2H]C([2H])([2H])[n+]1[c-]n(-c2cccc(Oc3ccc4c5ccccc5n(-c5cc(C(C)(C)C)ccn5)c4c3)c2)c2ccc(-c3cc4ccc3CCc3ccc(cc3)CC4)cc21. The van der Waals surface area contributed by atoms with E-state index in [0.29, 0.717) is 17.0 Å². The quantitative estimate of drug-likeness (QED) is 0.131. The van der Waals surface area contributed by atoms with Crippen molar-refractivity contribution in [3.63, 3.8) is 0 Å². The first-order valence-electron chi connectivity index (χ1n) is 21.0. The Bertz CT molecular complexity index is 3060. The molecule has 0 N–H and O–H groups in total. The van der Waals surface area contributed by atoms with E-state index in [1.54, 1.807) is 0 Å². The van der Waals surface area contributed by atoms with E-state index in [-0.39, 0.29) is 5.41 Å². The zero-order chi connectivity index (χ0) is 40.5. The molecule has 3 aromatic heterocycles. The monoisotopic (exact) mass is 731 g/mol. The molecule has 13 rings (SSSR count). The lowest BCUT2D eigenvalue weighted by molar-refractivity contribution is -0.649. The fourth-order valence-electron chi connectivity index (χ4n) is 8.26. The lowest BCUT2D eigenvalue weighted by atomic mass is 9.88. The van der Waals surface area contributed by atoms with Gasteiger partial charge < -0.3 is 13.9 Å². The number of aromatic nitrogens is 4. The molecule has 5 heteroatoms. The largest absolute Gasteiger partial charge is 0.458 e. The molecule has 0 saturated carbocycles. The molecule has 3 heterocycles. The molecule has 0 unspecified atom stereocenters. The Morgan fingerprint density at radius 3 is 2.27 bits per heavy atom. The third kappa shape index (κ3) is 6.14. The van der Waals surface area contributed by atoms with Crippen molar-refractivity contribution in [1.82, 2.24) is 14.1 Å². The van der Waals surface area contributed by atoms with Crippen molar-refractivity contribution < 1.29 is 13.4 Å². The molecule has 0 aliphatic heterocycles. The van der Waals surface area contributed by atoms with E-state index in [1.807, 2.05) is 53.2 Å². The van der Waals surface area contributed by atoms with E-state index in [1.165, 1.54) is 32.4 Å². The molecular weight excluding hydrogens is 685 g/mol. The molecule has 6 aromatic carbocycles. The fraction of sp³-hybridized carbons (Fsp3) is 0.176. The minimum Gasteiger partial charge on any atom is -0.458 e. The van der Waals surface area contributed by atoms with Gasteiger partial charge in [0.15, 0.2) is 0 Å². The number of fused-ring (bicyclic) bond motifs is 4. The van der Waals surface area contributed by atoms with Gasteiger partial charge >= 0.3 is 0 Å². The lowest BCUT2D eigenvalue weighted by Gasteiger charge is -2.20. The van der Waals surface area contributed by atoms with Gasteiger partial charge in [0.05, 0.1) is 38.8 Å². The van der Waals surface area contributed by atoms with Gasteiger partial charge in [0.1, 0.15) is 17.3 Å². The zero-order valence-electron chi connectivity index (χ0n) is 34.9. The summed E-state index contributed by atoms with van der Waals surface area (Å²) in [5, 5.41) is 2.25. The van der Waals surface area contributed by atoms with Gasteiger partial charge in [0, 0.05) is 23.0 Å². The summed E-state index contributed by atoms with van der Waals surface area (Å²) in [6, 6.07) is 48.5. The summed E-state index contributed by atoms with van der Waals surface area (Å²) in [5.41, 5.74) is 12.6. The maximum absolute atomic E-state index is 8.52. The van der Waals surface area contributed by atoms with Gasteiger partial charge in [0.2, 0.25) is 6.33 Å². The second kappa shape index (κ2) is 13.4. The number of nitrogens with zero attached hydrogens (tertiary/aromatic N) is 4. The molecule has 274 valence electrons. The van der Waals surface area contributed by atoms with Crippen LogP contribution in [-0.4, -0.2) is 14.1 Å². The van der Waals surface area contributed by atoms with Crippen LogP contribution in [0.2, 0.25) is 0 Å². The predicted molar refractivity (Wildman–Crippen MR) is 227 cm³/mol. The Kier molecular flexibility index (Phi) is 7.37. The van der Waals surface area contributed by atoms with Gasteiger partial charge in [-0.25, -0.2) is 4.98 Å². The number of imidazole rings is 1. The summed E-state index contributed by atoms with van der Waals surface area (Å²) >= 11 is 0. The van der Waals surface area contributed by atoms with Gasteiger partial charge in [-0.15, -0.1) is 0 Å². The Morgan fingerprint density at radius 2 is 1.43 bits per heavy atom. The van der Waals surface area contributed by atoms with Crippen LogP contribution in [0.3, 0.4) is 0 Å². The molecule has 0 saturated heterocycles. The van der Waals surface area contributed by atoms with Gasteiger partial charge in [-0.1, -0.05) is 112 Å². The molecular formula is C51H44N4O. The lowest BCUT2D eigenvalue weighted by Crippen LogP contribution is -2.26. The highest BCUT2D eigenvalue weighted by Gasteiger charge is 2.19. The highest BCUT2D eigenvalue weighted by Crippen LogP contribution is 2.37. The number of pyridine rings is 1. The Hall–Kier alpha value is -6.46. The maximum Gasteiger partial charge on any atom is 0.244 e. The number of hydrogen-bond acceptors (Lipinski definition) is 2. The third-order valence-corrected chi connectivity index (χ3v) is 11.3. The van der Waals surface area contributed by atoms with Gasteiger partial charge in [-0.2, -0.15) is 0 Å². The number of aryl methyl sites for hydroxylation is 5. The van der Waals surface area contributed by atoms with Crippen molar-refractivity contribution >= 4 is 32.8 Å². The fourth-order valence-corrected chi connectivity index (χ4v) is 8.26. The van der Waals surface area contributed by atoms with E-state index in [0.717, 1.165) is 75.6 Å². The van der Waals surface area contributed by atoms with Gasteiger partial charge in [-0.05, 0) is 113 Å². The topological polar surface area (TPSA) is 35.9 Å². The van der Waals surface area contributed by atoms with E-state index >= 15 is 0 Å². The van der Waals surface area contributed by atoms with E-state index in [9.17, 15) is 0 Å². The minimum atomic E-state index is -2.45. The van der Waals surface area contributed by atoms with E-state index < -0.39 is 6.98 Å². The molecule has 0 fully saturated rings. The average molecular weight is 732 g/mol. The van der Waals surface area contributed by atoms with Gasteiger partial charge in [0.25, 0.3) is 0 Å². The van der Waals surface area contributed by atoms with Crippen LogP contribution >= 0.6 is 0 Å². The average Bonchev–Trinajstić information content (AvgIpc) is 3.78. The molecule has 56 heavy (non-hydrogen) atoms. The first-order chi connectivity index (χ1) is 28.5. The summed E-state index contributed by atoms with van der Waals surface area (Å²) in [4.78, 5) is 4.83. The molecule has 0 spiro atoms. The van der Waals surface area contributed by atoms with Crippen LogP contribution in [0.1, 0.15) is 52.7 Å². The molecule has 4 aliphatic rings. The van der Waals surface area contributed by atoms with Crippen LogP contribution in [-0.2, 0) is 38.1 Å². The summed E-state index contributed by atoms with van der Waals surface area (Å²) in [6.45, 7) is 4.19. The zero-order valence-corrected chi connectivity index (χ0v) is 31.9. The predicted octanol–water partition coefficient (Wildman–Crippen LogP) is 11.4. The second-order valence-electron chi connectivity index (χ2n) is 16.1. The van der Waals surface area contributed by atoms with Crippen LogP contribution < -0.4 is 9.30 Å². The molecule has 4 aliphatic carbocycles. The van der Waals surface area contributed by atoms with Crippen LogP contribution in [0.25, 0.3) is 55.5 Å². The number of benzene rings is 6. The number of hydrogen-bond donors (Lipinski definition) is 0.